The number of carbonyl (C=O) groups excluding carboxylic acids is 2. The van der Waals surface area contributed by atoms with Crippen molar-refractivity contribution in [1.29, 1.82) is 0 Å². The zero-order valence-corrected chi connectivity index (χ0v) is 17.0. The Bertz CT molecular complexity index is 668. The summed E-state index contributed by atoms with van der Waals surface area (Å²) >= 11 is 0. The maximum atomic E-state index is 12.1. The average molecular weight is 376 g/mol. The molecule has 5 nitrogen and oxygen atoms in total. The fraction of sp³-hybridized carbons (Fsp3) is 0.818. The Kier molecular flexibility index (Phi) is 4.45. The van der Waals surface area contributed by atoms with Crippen molar-refractivity contribution in [2.45, 2.75) is 78.8 Å². The van der Waals surface area contributed by atoms with Crippen molar-refractivity contribution in [3.63, 3.8) is 0 Å². The van der Waals surface area contributed by atoms with E-state index in [9.17, 15) is 9.59 Å². The molecule has 0 aromatic heterocycles. The van der Waals surface area contributed by atoms with Gasteiger partial charge in [-0.2, -0.15) is 0 Å². The Hall–Kier alpha value is -1.36. The third kappa shape index (κ3) is 2.93. The molecule has 0 unspecified atom stereocenters. The summed E-state index contributed by atoms with van der Waals surface area (Å²) in [6.45, 7) is 13.0. The molecule has 5 heteroatoms. The Morgan fingerprint density at radius 3 is 2.70 bits per heavy atom. The third-order valence-corrected chi connectivity index (χ3v) is 7.94. The summed E-state index contributed by atoms with van der Waals surface area (Å²) in [7, 11) is 0. The van der Waals surface area contributed by atoms with Gasteiger partial charge in [0.05, 0.1) is 6.42 Å². The molecule has 0 aromatic carbocycles. The third-order valence-electron chi connectivity index (χ3n) is 7.94. The Morgan fingerprint density at radius 1 is 1.26 bits per heavy atom. The van der Waals surface area contributed by atoms with Crippen LogP contribution in [-0.2, 0) is 23.8 Å². The first-order chi connectivity index (χ1) is 12.6. The number of fused-ring (bicyclic) bond motifs is 3. The van der Waals surface area contributed by atoms with Crippen LogP contribution in [0, 0.1) is 34.5 Å². The van der Waals surface area contributed by atoms with Crippen molar-refractivity contribution < 1.29 is 23.8 Å². The number of hydrogen-bond acceptors (Lipinski definition) is 5. The molecule has 150 valence electrons. The summed E-state index contributed by atoms with van der Waals surface area (Å²) in [5, 5.41) is 0. The van der Waals surface area contributed by atoms with Crippen molar-refractivity contribution in [2.75, 3.05) is 0 Å². The van der Waals surface area contributed by atoms with Crippen LogP contribution in [0.3, 0.4) is 0 Å². The summed E-state index contributed by atoms with van der Waals surface area (Å²) in [6.07, 6.45) is 4.65. The number of carbonyl (C=O) groups is 2. The van der Waals surface area contributed by atoms with Gasteiger partial charge in [0.25, 0.3) is 0 Å². The van der Waals surface area contributed by atoms with E-state index in [1.807, 2.05) is 0 Å². The topological polar surface area (TPSA) is 61.8 Å². The quantitative estimate of drug-likeness (QED) is 0.534. The Labute approximate surface area is 161 Å². The van der Waals surface area contributed by atoms with Gasteiger partial charge in [-0.3, -0.25) is 9.59 Å². The second kappa shape index (κ2) is 6.33. The van der Waals surface area contributed by atoms with Gasteiger partial charge in [0, 0.05) is 18.8 Å². The smallest absolute Gasteiger partial charge is 0.308 e. The largest absolute Gasteiger partial charge is 0.435 e. The van der Waals surface area contributed by atoms with Crippen LogP contribution in [0.5, 0.6) is 0 Å². The lowest BCUT2D eigenvalue weighted by Gasteiger charge is -2.46. The molecular formula is C22H32O5. The first kappa shape index (κ1) is 19.0. The molecule has 7 atom stereocenters. The highest BCUT2D eigenvalue weighted by Gasteiger charge is 2.64. The van der Waals surface area contributed by atoms with E-state index in [2.05, 4.69) is 27.4 Å². The van der Waals surface area contributed by atoms with Crippen LogP contribution in [0.2, 0.25) is 0 Å². The molecule has 0 aromatic rings. The highest BCUT2D eigenvalue weighted by Crippen LogP contribution is 2.65. The van der Waals surface area contributed by atoms with E-state index in [4.69, 9.17) is 14.2 Å². The summed E-state index contributed by atoms with van der Waals surface area (Å²) in [5.41, 5.74) is 1.56. The van der Waals surface area contributed by atoms with E-state index >= 15 is 0 Å². The van der Waals surface area contributed by atoms with Gasteiger partial charge in [0.15, 0.2) is 0 Å². The molecule has 2 aliphatic heterocycles. The van der Waals surface area contributed by atoms with Crippen molar-refractivity contribution in [3.8, 4) is 0 Å². The van der Waals surface area contributed by atoms with Crippen LogP contribution in [0.15, 0.2) is 12.2 Å². The maximum absolute atomic E-state index is 12.1. The first-order valence-corrected chi connectivity index (χ1v) is 10.3. The fourth-order valence-electron chi connectivity index (χ4n) is 6.79. The minimum atomic E-state index is -0.688. The predicted octanol–water partition coefficient (Wildman–Crippen LogP) is 4.21. The molecule has 2 heterocycles. The summed E-state index contributed by atoms with van der Waals surface area (Å²) in [6, 6.07) is 0. The van der Waals surface area contributed by atoms with Gasteiger partial charge in [0.2, 0.25) is 12.6 Å². The van der Waals surface area contributed by atoms with Gasteiger partial charge in [0.1, 0.15) is 0 Å². The van der Waals surface area contributed by atoms with Crippen molar-refractivity contribution >= 4 is 11.9 Å². The average Bonchev–Trinajstić information content (AvgIpc) is 2.97. The number of rotatable bonds is 2. The van der Waals surface area contributed by atoms with E-state index in [1.165, 1.54) is 25.3 Å². The fourth-order valence-corrected chi connectivity index (χ4v) is 6.79. The molecule has 2 aliphatic carbocycles. The lowest BCUT2D eigenvalue weighted by atomic mass is 9.59. The van der Waals surface area contributed by atoms with E-state index in [1.54, 1.807) is 0 Å². The van der Waals surface area contributed by atoms with Crippen LogP contribution < -0.4 is 0 Å². The Balaban J connectivity index is 1.70. The molecule has 0 radical (unpaired) electrons. The minimum absolute atomic E-state index is 0.0419. The number of ether oxygens (including phenoxy) is 3. The van der Waals surface area contributed by atoms with Crippen LogP contribution in [0.4, 0.5) is 0 Å². The second-order valence-corrected chi connectivity index (χ2v) is 9.99. The van der Waals surface area contributed by atoms with E-state index in [-0.39, 0.29) is 41.0 Å². The number of hydrogen-bond donors (Lipinski definition) is 0. The van der Waals surface area contributed by atoms with Gasteiger partial charge < -0.3 is 14.2 Å². The van der Waals surface area contributed by atoms with Crippen molar-refractivity contribution in [2.24, 2.45) is 34.5 Å². The highest BCUT2D eigenvalue weighted by atomic mass is 16.8. The van der Waals surface area contributed by atoms with Gasteiger partial charge in [-0.15, -0.1) is 0 Å². The van der Waals surface area contributed by atoms with Gasteiger partial charge in [-0.1, -0.05) is 32.9 Å². The monoisotopic (exact) mass is 376 g/mol. The molecule has 4 rings (SSSR count). The molecule has 2 saturated carbocycles. The molecule has 4 aliphatic rings. The molecule has 0 N–H and O–H groups in total. The number of allylic oxidation sites excluding steroid dienone is 1. The molecular weight excluding hydrogens is 344 g/mol. The summed E-state index contributed by atoms with van der Waals surface area (Å²) < 4.78 is 17.0. The van der Waals surface area contributed by atoms with E-state index in [0.717, 1.165) is 19.3 Å². The molecule has 4 fully saturated rings. The standard InChI is InChI=1S/C22H32O5/c1-12-7-6-9-21(3,4)15-8-10-22(5,17(12)15)18-14-11-16(24)26-20(18)27-19(14)25-13(2)23/h14-15,17-20H,1,6-11H2,2-5H3/t14-,15+,17+,18-,19+,20-,22+/m0/s1. The lowest BCUT2D eigenvalue weighted by molar-refractivity contribution is -0.213. The zero-order valence-electron chi connectivity index (χ0n) is 17.0. The molecule has 27 heavy (non-hydrogen) atoms. The van der Waals surface area contributed by atoms with Crippen molar-refractivity contribution in [3.05, 3.63) is 12.2 Å². The van der Waals surface area contributed by atoms with E-state index in [0.29, 0.717) is 11.8 Å². The van der Waals surface area contributed by atoms with Gasteiger partial charge in [-0.05, 0) is 54.8 Å². The van der Waals surface area contributed by atoms with Crippen LogP contribution in [0.25, 0.3) is 0 Å². The molecule has 2 bridgehead atoms. The summed E-state index contributed by atoms with van der Waals surface area (Å²) in [4.78, 5) is 23.6. The SMILES string of the molecule is C=C1CCCC(C)(C)[C@@H]2CC[C@@](C)([C@@H]3[C@H]4OC(=O)C[C@@H]3[C@H](OC(C)=O)O4)[C@H]12. The molecule has 2 saturated heterocycles. The van der Waals surface area contributed by atoms with Crippen LogP contribution >= 0.6 is 0 Å². The first-order valence-electron chi connectivity index (χ1n) is 10.3. The minimum Gasteiger partial charge on any atom is -0.435 e. The van der Waals surface area contributed by atoms with Crippen molar-refractivity contribution in [1.82, 2.24) is 0 Å². The lowest BCUT2D eigenvalue weighted by Crippen LogP contribution is -2.47. The molecule has 0 spiro atoms. The highest BCUT2D eigenvalue weighted by molar-refractivity contribution is 5.71. The normalized spacial score (nSPS) is 45.8. The maximum Gasteiger partial charge on any atom is 0.308 e. The van der Waals surface area contributed by atoms with Gasteiger partial charge >= 0.3 is 11.9 Å². The van der Waals surface area contributed by atoms with E-state index < -0.39 is 12.6 Å². The van der Waals surface area contributed by atoms with Gasteiger partial charge in [-0.25, -0.2) is 0 Å². The Morgan fingerprint density at radius 2 is 2.00 bits per heavy atom. The predicted molar refractivity (Wildman–Crippen MR) is 99.2 cm³/mol. The zero-order chi connectivity index (χ0) is 19.6. The van der Waals surface area contributed by atoms with Crippen LogP contribution in [-0.4, -0.2) is 24.5 Å². The number of esters is 2. The van der Waals surface area contributed by atoms with Crippen LogP contribution in [0.1, 0.15) is 66.2 Å². The summed E-state index contributed by atoms with van der Waals surface area (Å²) in [5.74, 6) is 0.244. The molecule has 0 amide bonds. The second-order valence-electron chi connectivity index (χ2n) is 9.99.